The molecular weight excluding hydrogens is 348 g/mol. The summed E-state index contributed by atoms with van der Waals surface area (Å²) in [7, 11) is 0.0138. The van der Waals surface area contributed by atoms with E-state index in [0.717, 1.165) is 0 Å². The highest BCUT2D eigenvalue weighted by Gasteiger charge is 2.35. The Bertz CT molecular complexity index is 599. The second-order valence-electron chi connectivity index (χ2n) is 4.81. The van der Waals surface area contributed by atoms with Gasteiger partial charge in [0.15, 0.2) is 9.84 Å². The average molecular weight is 365 g/mol. The maximum absolute atomic E-state index is 11.5. The van der Waals surface area contributed by atoms with E-state index in [-0.39, 0.29) is 17.4 Å². The molecule has 1 N–H and O–H groups in total. The van der Waals surface area contributed by atoms with Crippen LogP contribution in [0.4, 0.5) is 0 Å². The fourth-order valence-corrected chi connectivity index (χ4v) is 4.99. The summed E-state index contributed by atoms with van der Waals surface area (Å²) in [5.74, 6) is 0.919. The third kappa shape index (κ3) is 2.94. The standard InChI is InChI=1S/C13H17BrO5S/c1-18-10-4-3-9(13(19-2)11(10)14)12(15)8-5-6-20(16,17)7-8/h3-4,8,12,15H,5-7H2,1-2H3. The molecule has 2 unspecified atom stereocenters. The minimum atomic E-state index is -3.03. The molecule has 1 aromatic rings. The second-order valence-corrected chi connectivity index (χ2v) is 7.83. The van der Waals surface area contributed by atoms with Gasteiger partial charge in [-0.1, -0.05) is 0 Å². The average Bonchev–Trinajstić information content (AvgIpc) is 2.78. The fraction of sp³-hybridized carbons (Fsp3) is 0.538. The zero-order valence-corrected chi connectivity index (χ0v) is 13.7. The molecule has 5 nitrogen and oxygen atoms in total. The van der Waals surface area contributed by atoms with Crippen molar-refractivity contribution < 1.29 is 23.0 Å². The van der Waals surface area contributed by atoms with Gasteiger partial charge in [0.2, 0.25) is 0 Å². The van der Waals surface area contributed by atoms with Crippen LogP contribution in [0.25, 0.3) is 0 Å². The maximum atomic E-state index is 11.5. The number of benzene rings is 1. The SMILES string of the molecule is COc1ccc(C(O)C2CCS(=O)(=O)C2)c(OC)c1Br. The highest BCUT2D eigenvalue weighted by molar-refractivity contribution is 9.10. The third-order valence-corrected chi connectivity index (χ3v) is 6.09. The lowest BCUT2D eigenvalue weighted by molar-refractivity contribution is 0.117. The predicted octanol–water partition coefficient (Wildman–Crippen LogP) is 1.93. The highest BCUT2D eigenvalue weighted by Crippen LogP contribution is 2.43. The lowest BCUT2D eigenvalue weighted by Gasteiger charge is -2.21. The Kier molecular flexibility index (Phi) is 4.61. The van der Waals surface area contributed by atoms with Crippen LogP contribution in [0.15, 0.2) is 16.6 Å². The molecule has 0 amide bonds. The van der Waals surface area contributed by atoms with Gasteiger partial charge in [0, 0.05) is 11.5 Å². The summed E-state index contributed by atoms with van der Waals surface area (Å²) in [5, 5.41) is 10.4. The molecule has 2 atom stereocenters. The topological polar surface area (TPSA) is 72.8 Å². The number of hydrogen-bond acceptors (Lipinski definition) is 5. The number of ether oxygens (including phenoxy) is 2. The van der Waals surface area contributed by atoms with Crippen LogP contribution < -0.4 is 9.47 Å². The minimum Gasteiger partial charge on any atom is -0.495 e. The number of methoxy groups -OCH3 is 2. The van der Waals surface area contributed by atoms with Gasteiger partial charge in [-0.05, 0) is 34.5 Å². The van der Waals surface area contributed by atoms with Crippen molar-refractivity contribution in [2.75, 3.05) is 25.7 Å². The Labute approximate surface area is 126 Å². The zero-order valence-electron chi connectivity index (χ0n) is 11.3. The van der Waals surface area contributed by atoms with E-state index in [1.165, 1.54) is 7.11 Å². The summed E-state index contributed by atoms with van der Waals surface area (Å²) in [5.41, 5.74) is 0.572. The van der Waals surface area contributed by atoms with E-state index in [1.807, 2.05) is 0 Å². The third-order valence-electron chi connectivity index (χ3n) is 3.55. The van der Waals surface area contributed by atoms with Gasteiger partial charge in [-0.2, -0.15) is 0 Å². The first-order chi connectivity index (χ1) is 9.39. The first-order valence-corrected chi connectivity index (χ1v) is 8.80. The van der Waals surface area contributed by atoms with Crippen LogP contribution in [-0.2, 0) is 9.84 Å². The number of aliphatic hydroxyl groups is 1. The van der Waals surface area contributed by atoms with Crippen molar-refractivity contribution in [3.05, 3.63) is 22.2 Å². The summed E-state index contributed by atoms with van der Waals surface area (Å²) in [6.45, 7) is 0. The van der Waals surface area contributed by atoms with Gasteiger partial charge in [-0.25, -0.2) is 8.42 Å². The number of aliphatic hydroxyl groups excluding tert-OH is 1. The van der Waals surface area contributed by atoms with Crippen molar-refractivity contribution in [1.82, 2.24) is 0 Å². The lowest BCUT2D eigenvalue weighted by atomic mass is 9.94. The summed E-state index contributed by atoms with van der Waals surface area (Å²) in [6, 6.07) is 3.42. The van der Waals surface area contributed by atoms with E-state index >= 15 is 0 Å². The Balaban J connectivity index is 2.35. The number of rotatable bonds is 4. The summed E-state index contributed by atoms with van der Waals surface area (Å²) in [4.78, 5) is 0. The van der Waals surface area contributed by atoms with Crippen LogP contribution in [0, 0.1) is 5.92 Å². The summed E-state index contributed by atoms with van der Waals surface area (Å²) in [6.07, 6.45) is -0.402. The molecule has 0 aromatic heterocycles. The van der Waals surface area contributed by atoms with Crippen molar-refractivity contribution in [1.29, 1.82) is 0 Å². The van der Waals surface area contributed by atoms with E-state index in [0.29, 0.717) is 28.0 Å². The molecule has 0 radical (unpaired) electrons. The molecule has 0 bridgehead atoms. The summed E-state index contributed by atoms with van der Waals surface area (Å²) >= 11 is 3.37. The normalized spacial score (nSPS) is 22.5. The largest absolute Gasteiger partial charge is 0.495 e. The molecule has 1 aliphatic rings. The highest BCUT2D eigenvalue weighted by atomic mass is 79.9. The maximum Gasteiger partial charge on any atom is 0.150 e. The monoisotopic (exact) mass is 364 g/mol. The molecular formula is C13H17BrO5S. The zero-order chi connectivity index (χ0) is 14.9. The van der Waals surface area contributed by atoms with Crippen molar-refractivity contribution in [2.24, 2.45) is 5.92 Å². The first-order valence-electron chi connectivity index (χ1n) is 6.18. The molecule has 1 saturated heterocycles. The number of sulfone groups is 1. The van der Waals surface area contributed by atoms with Crippen LogP contribution in [0.2, 0.25) is 0 Å². The fourth-order valence-electron chi connectivity index (χ4n) is 2.48. The van der Waals surface area contributed by atoms with E-state index in [2.05, 4.69) is 15.9 Å². The number of hydrogen-bond donors (Lipinski definition) is 1. The molecule has 1 aromatic carbocycles. The van der Waals surface area contributed by atoms with Crippen molar-refractivity contribution in [3.8, 4) is 11.5 Å². The van der Waals surface area contributed by atoms with Gasteiger partial charge in [0.1, 0.15) is 16.0 Å². The molecule has 2 rings (SSSR count). The molecule has 7 heteroatoms. The van der Waals surface area contributed by atoms with E-state index < -0.39 is 15.9 Å². The predicted molar refractivity (Wildman–Crippen MR) is 79.0 cm³/mol. The molecule has 112 valence electrons. The molecule has 1 fully saturated rings. The van der Waals surface area contributed by atoms with Crippen LogP contribution >= 0.6 is 15.9 Å². The molecule has 0 aliphatic carbocycles. The smallest absolute Gasteiger partial charge is 0.150 e. The Hall–Kier alpha value is -0.790. The molecule has 20 heavy (non-hydrogen) atoms. The quantitative estimate of drug-likeness (QED) is 0.883. The number of halogens is 1. The van der Waals surface area contributed by atoms with Gasteiger partial charge in [0.05, 0.1) is 31.8 Å². The van der Waals surface area contributed by atoms with E-state index in [4.69, 9.17) is 9.47 Å². The Morgan fingerprint density at radius 2 is 2.05 bits per heavy atom. The van der Waals surface area contributed by atoms with Gasteiger partial charge < -0.3 is 14.6 Å². The molecule has 0 spiro atoms. The molecule has 0 saturated carbocycles. The lowest BCUT2D eigenvalue weighted by Crippen LogP contribution is -2.15. The van der Waals surface area contributed by atoms with Crippen LogP contribution in [0.1, 0.15) is 18.1 Å². The van der Waals surface area contributed by atoms with Gasteiger partial charge >= 0.3 is 0 Å². The van der Waals surface area contributed by atoms with Gasteiger partial charge in [0.25, 0.3) is 0 Å². The first kappa shape index (κ1) is 15.6. The Morgan fingerprint density at radius 1 is 1.35 bits per heavy atom. The van der Waals surface area contributed by atoms with Crippen LogP contribution in [-0.4, -0.2) is 39.2 Å². The molecule has 1 heterocycles. The van der Waals surface area contributed by atoms with Gasteiger partial charge in [-0.15, -0.1) is 0 Å². The van der Waals surface area contributed by atoms with E-state index in [1.54, 1.807) is 19.2 Å². The second kappa shape index (κ2) is 5.91. The van der Waals surface area contributed by atoms with Crippen molar-refractivity contribution in [3.63, 3.8) is 0 Å². The van der Waals surface area contributed by atoms with Gasteiger partial charge in [-0.3, -0.25) is 0 Å². The minimum absolute atomic E-state index is 0.0149. The molecule has 1 aliphatic heterocycles. The van der Waals surface area contributed by atoms with E-state index in [9.17, 15) is 13.5 Å². The van der Waals surface area contributed by atoms with Crippen molar-refractivity contribution in [2.45, 2.75) is 12.5 Å². The van der Waals surface area contributed by atoms with Crippen LogP contribution in [0.5, 0.6) is 11.5 Å². The summed E-state index contributed by atoms with van der Waals surface area (Å²) < 4.78 is 34.2. The Morgan fingerprint density at radius 3 is 2.55 bits per heavy atom. The van der Waals surface area contributed by atoms with Crippen LogP contribution in [0.3, 0.4) is 0 Å². The van der Waals surface area contributed by atoms with Crippen molar-refractivity contribution >= 4 is 25.8 Å².